The summed E-state index contributed by atoms with van der Waals surface area (Å²) in [5, 5.41) is 39.3. The zero-order valence-corrected chi connectivity index (χ0v) is 19.4. The molecule has 1 saturated heterocycles. The molecular weight excluding hydrogens is 503 g/mol. The van der Waals surface area contributed by atoms with Gasteiger partial charge in [-0.25, -0.2) is 8.42 Å². The number of halogens is 3. The lowest BCUT2D eigenvalue weighted by molar-refractivity contribution is -0.137. The fourth-order valence-electron chi connectivity index (χ4n) is 3.75. The standard InChI is InChI=1S/C23H20F3N3O6S/c24-23(25,26)16-2-6-20(15(8-16)10-28)36(32,33)29-11-21(22(31,12-29)13-30)35-18-5-1-14(9-27)7-19(18)34-17-3-4-17/h1-2,5-8,17,21,30-31H,3-4,11-13H2/t21?,22-/m1/s1. The van der Waals surface area contributed by atoms with Crippen LogP contribution in [0.25, 0.3) is 0 Å². The average molecular weight is 523 g/mol. The molecule has 1 unspecified atom stereocenters. The van der Waals surface area contributed by atoms with E-state index in [2.05, 4.69) is 0 Å². The Hall–Kier alpha value is -3.36. The van der Waals surface area contributed by atoms with E-state index in [1.54, 1.807) is 0 Å². The number of hydrogen-bond donors (Lipinski definition) is 2. The molecule has 2 N–H and O–H groups in total. The number of nitrogens with zero attached hydrogens (tertiary/aromatic N) is 3. The van der Waals surface area contributed by atoms with E-state index in [1.807, 2.05) is 6.07 Å². The molecule has 2 aromatic carbocycles. The SMILES string of the molecule is N#Cc1ccc(OC2CN(S(=O)(=O)c3ccc(C(F)(F)F)cc3C#N)C[C@@]2(O)CO)c(OC2CC2)c1. The second kappa shape index (κ2) is 9.26. The van der Waals surface area contributed by atoms with Crippen LogP contribution in [0, 0.1) is 22.7 Å². The number of sulfonamides is 1. The molecular formula is C23H20F3N3O6S. The van der Waals surface area contributed by atoms with Gasteiger partial charge in [-0.3, -0.25) is 0 Å². The molecule has 9 nitrogen and oxygen atoms in total. The van der Waals surface area contributed by atoms with Crippen LogP contribution in [0.3, 0.4) is 0 Å². The maximum absolute atomic E-state index is 13.3. The van der Waals surface area contributed by atoms with Crippen molar-refractivity contribution < 1.29 is 41.3 Å². The van der Waals surface area contributed by atoms with Crippen molar-refractivity contribution in [3.8, 4) is 23.6 Å². The molecule has 2 aliphatic rings. The molecule has 13 heteroatoms. The van der Waals surface area contributed by atoms with Gasteiger partial charge in [0.25, 0.3) is 0 Å². The maximum Gasteiger partial charge on any atom is 0.416 e. The van der Waals surface area contributed by atoms with Crippen LogP contribution in [0.5, 0.6) is 11.5 Å². The molecule has 2 aromatic rings. The fourth-order valence-corrected chi connectivity index (χ4v) is 5.38. The highest BCUT2D eigenvalue weighted by Gasteiger charge is 2.51. The van der Waals surface area contributed by atoms with Crippen molar-refractivity contribution in [2.45, 2.75) is 41.7 Å². The molecule has 1 aliphatic heterocycles. The normalized spacial score (nSPS) is 22.6. The van der Waals surface area contributed by atoms with Gasteiger partial charge in [-0.15, -0.1) is 0 Å². The average Bonchev–Trinajstić information content (AvgIpc) is 3.60. The first kappa shape index (κ1) is 25.7. The first-order valence-corrected chi connectivity index (χ1v) is 12.2. The van der Waals surface area contributed by atoms with Crippen LogP contribution in [0.1, 0.15) is 29.5 Å². The first-order chi connectivity index (χ1) is 16.9. The molecule has 2 atom stereocenters. The van der Waals surface area contributed by atoms with Crippen LogP contribution in [-0.2, 0) is 16.2 Å². The lowest BCUT2D eigenvalue weighted by atomic mass is 10.0. The van der Waals surface area contributed by atoms with Crippen LogP contribution in [0.2, 0.25) is 0 Å². The number of benzene rings is 2. The maximum atomic E-state index is 13.3. The highest BCUT2D eigenvalue weighted by Crippen LogP contribution is 2.38. The Morgan fingerprint density at radius 1 is 1.08 bits per heavy atom. The minimum Gasteiger partial charge on any atom is -0.486 e. The lowest BCUT2D eigenvalue weighted by Gasteiger charge is -2.27. The van der Waals surface area contributed by atoms with Gasteiger partial charge in [0, 0.05) is 12.6 Å². The van der Waals surface area contributed by atoms with Gasteiger partial charge in [-0.2, -0.15) is 28.0 Å². The van der Waals surface area contributed by atoms with Gasteiger partial charge in [0.05, 0.1) is 46.9 Å². The van der Waals surface area contributed by atoms with Gasteiger partial charge in [-0.1, -0.05) is 0 Å². The second-order valence-corrected chi connectivity index (χ2v) is 10.5. The summed E-state index contributed by atoms with van der Waals surface area (Å²) in [6.07, 6.45) is -4.53. The Morgan fingerprint density at radius 3 is 2.39 bits per heavy atom. The number of aliphatic hydroxyl groups is 2. The molecule has 1 saturated carbocycles. The first-order valence-electron chi connectivity index (χ1n) is 10.7. The Labute approximate surface area is 204 Å². The van der Waals surface area contributed by atoms with E-state index in [-0.39, 0.29) is 23.2 Å². The molecule has 1 aliphatic carbocycles. The van der Waals surface area contributed by atoms with Crippen LogP contribution >= 0.6 is 0 Å². The summed E-state index contributed by atoms with van der Waals surface area (Å²) in [6, 6.07) is 9.43. The number of aliphatic hydroxyl groups excluding tert-OH is 1. The minimum atomic E-state index is -4.78. The van der Waals surface area contributed by atoms with E-state index in [4.69, 9.17) is 14.7 Å². The quantitative estimate of drug-likeness (QED) is 0.562. The van der Waals surface area contributed by atoms with E-state index in [0.717, 1.165) is 17.1 Å². The largest absolute Gasteiger partial charge is 0.486 e. The van der Waals surface area contributed by atoms with Crippen molar-refractivity contribution in [3.63, 3.8) is 0 Å². The predicted octanol–water partition coefficient (Wildman–Crippen LogP) is 2.17. The Bertz CT molecular complexity index is 1360. The second-order valence-electron chi connectivity index (χ2n) is 8.58. The number of hydrogen-bond acceptors (Lipinski definition) is 8. The van der Waals surface area contributed by atoms with Gasteiger partial charge in [0.15, 0.2) is 11.5 Å². The van der Waals surface area contributed by atoms with Crippen molar-refractivity contribution in [1.82, 2.24) is 4.31 Å². The van der Waals surface area contributed by atoms with Crippen molar-refractivity contribution in [3.05, 3.63) is 53.1 Å². The van der Waals surface area contributed by atoms with Crippen LogP contribution < -0.4 is 9.47 Å². The summed E-state index contributed by atoms with van der Waals surface area (Å²) in [6.45, 7) is -2.01. The third-order valence-corrected chi connectivity index (χ3v) is 7.77. The monoisotopic (exact) mass is 523 g/mol. The molecule has 4 rings (SSSR count). The Morgan fingerprint density at radius 2 is 1.81 bits per heavy atom. The van der Waals surface area contributed by atoms with Gasteiger partial charge < -0.3 is 19.7 Å². The molecule has 0 spiro atoms. The predicted molar refractivity (Wildman–Crippen MR) is 116 cm³/mol. The molecule has 0 amide bonds. The highest BCUT2D eigenvalue weighted by atomic mass is 32.2. The van der Waals surface area contributed by atoms with E-state index in [9.17, 15) is 37.1 Å². The van der Waals surface area contributed by atoms with E-state index < -0.39 is 63.6 Å². The number of rotatable bonds is 7. The van der Waals surface area contributed by atoms with Crippen molar-refractivity contribution in [2.24, 2.45) is 0 Å². The zero-order valence-electron chi connectivity index (χ0n) is 18.6. The Balaban J connectivity index is 1.64. The number of ether oxygens (including phenoxy) is 2. The van der Waals surface area contributed by atoms with Gasteiger partial charge in [0.1, 0.15) is 17.8 Å². The van der Waals surface area contributed by atoms with E-state index >= 15 is 0 Å². The van der Waals surface area contributed by atoms with E-state index in [1.165, 1.54) is 24.3 Å². The van der Waals surface area contributed by atoms with Crippen LogP contribution in [-0.4, -0.2) is 60.4 Å². The van der Waals surface area contributed by atoms with E-state index in [0.29, 0.717) is 18.2 Å². The number of nitriles is 2. The topological polar surface area (TPSA) is 144 Å². The molecule has 0 radical (unpaired) electrons. The fraction of sp³-hybridized carbons (Fsp3) is 0.391. The highest BCUT2D eigenvalue weighted by molar-refractivity contribution is 7.89. The Kier molecular flexibility index (Phi) is 6.62. The van der Waals surface area contributed by atoms with Gasteiger partial charge >= 0.3 is 6.18 Å². The molecule has 0 aromatic heterocycles. The van der Waals surface area contributed by atoms with Crippen molar-refractivity contribution >= 4 is 10.0 Å². The summed E-state index contributed by atoms with van der Waals surface area (Å²) >= 11 is 0. The van der Waals surface area contributed by atoms with Gasteiger partial charge in [0.2, 0.25) is 10.0 Å². The summed E-state index contributed by atoms with van der Waals surface area (Å²) in [7, 11) is -4.56. The third-order valence-electron chi connectivity index (χ3n) is 5.90. The summed E-state index contributed by atoms with van der Waals surface area (Å²) in [5.41, 5.74) is -3.68. The summed E-state index contributed by atoms with van der Waals surface area (Å²) in [4.78, 5) is -0.671. The van der Waals surface area contributed by atoms with Crippen molar-refractivity contribution in [1.29, 1.82) is 10.5 Å². The third kappa shape index (κ3) is 4.96. The lowest BCUT2D eigenvalue weighted by Crippen LogP contribution is -2.48. The molecule has 2 fully saturated rings. The van der Waals surface area contributed by atoms with Crippen LogP contribution in [0.4, 0.5) is 13.2 Å². The van der Waals surface area contributed by atoms with Gasteiger partial charge in [-0.05, 0) is 43.2 Å². The van der Waals surface area contributed by atoms with Crippen molar-refractivity contribution in [2.75, 3.05) is 19.7 Å². The minimum absolute atomic E-state index is 0.0671. The number of alkyl halides is 3. The number of β-amino-alcohol motifs (C(OH)–C–C–N with tert-alkyl or cyclic N) is 1. The summed E-state index contributed by atoms with van der Waals surface area (Å²) in [5.74, 6) is 0.330. The molecule has 190 valence electrons. The zero-order chi connectivity index (χ0) is 26.3. The smallest absolute Gasteiger partial charge is 0.416 e. The molecule has 0 bridgehead atoms. The molecule has 36 heavy (non-hydrogen) atoms. The van der Waals surface area contributed by atoms with Crippen LogP contribution in [0.15, 0.2) is 41.3 Å². The molecule has 1 heterocycles. The summed E-state index contributed by atoms with van der Waals surface area (Å²) < 4.78 is 78.0.